The highest BCUT2D eigenvalue weighted by atomic mass is 32.1. The number of amides is 1. The summed E-state index contributed by atoms with van der Waals surface area (Å²) < 4.78 is 4.26. The van der Waals surface area contributed by atoms with Crippen molar-refractivity contribution in [3.63, 3.8) is 0 Å². The molecule has 0 aliphatic heterocycles. The standard InChI is InChI=1S/C15H16N4O2S/c1-2-13-17-18(8-14(20)16-9-3-4-9)15(21)11-7-12-10(19(11)13)5-6-22-12/h5-7,9H,2-4,8H2,1H3,(H,16,20). The molecule has 4 rings (SSSR count). The van der Waals surface area contributed by atoms with E-state index in [1.54, 1.807) is 11.3 Å². The molecule has 0 unspecified atom stereocenters. The van der Waals surface area contributed by atoms with E-state index in [1.165, 1.54) is 4.68 Å². The van der Waals surface area contributed by atoms with Crippen LogP contribution in [0.3, 0.4) is 0 Å². The molecule has 114 valence electrons. The van der Waals surface area contributed by atoms with Gasteiger partial charge in [-0.2, -0.15) is 5.10 Å². The lowest BCUT2D eigenvalue weighted by molar-refractivity contribution is -0.122. The lowest BCUT2D eigenvalue weighted by Gasteiger charge is -2.10. The number of hydrogen-bond donors (Lipinski definition) is 1. The Morgan fingerprint density at radius 2 is 2.27 bits per heavy atom. The van der Waals surface area contributed by atoms with Crippen LogP contribution in [0.2, 0.25) is 0 Å². The summed E-state index contributed by atoms with van der Waals surface area (Å²) in [7, 11) is 0. The Bertz CT molecular complexity index is 932. The summed E-state index contributed by atoms with van der Waals surface area (Å²) >= 11 is 1.60. The maximum absolute atomic E-state index is 12.6. The van der Waals surface area contributed by atoms with E-state index in [4.69, 9.17) is 0 Å². The van der Waals surface area contributed by atoms with Crippen LogP contribution in [-0.2, 0) is 17.8 Å². The molecule has 0 radical (unpaired) electrons. The Balaban J connectivity index is 1.83. The SMILES string of the molecule is CCc1nn(CC(=O)NC2CC2)c(=O)c2cc3sccc3n12. The second-order valence-electron chi connectivity index (χ2n) is 5.61. The van der Waals surface area contributed by atoms with Crippen molar-refractivity contribution < 1.29 is 4.79 Å². The van der Waals surface area contributed by atoms with Gasteiger partial charge in [0.2, 0.25) is 5.91 Å². The molecule has 0 saturated heterocycles. The lowest BCUT2D eigenvalue weighted by Crippen LogP contribution is -2.36. The normalized spacial score (nSPS) is 14.8. The first kappa shape index (κ1) is 13.5. The number of nitrogens with zero attached hydrogens (tertiary/aromatic N) is 3. The first-order valence-corrected chi connectivity index (χ1v) is 8.33. The molecule has 0 spiro atoms. The molecule has 1 N–H and O–H groups in total. The number of hydrogen-bond acceptors (Lipinski definition) is 4. The first-order valence-electron chi connectivity index (χ1n) is 7.45. The maximum Gasteiger partial charge on any atom is 0.291 e. The van der Waals surface area contributed by atoms with Crippen molar-refractivity contribution >= 4 is 33.0 Å². The Hall–Kier alpha value is -2.15. The van der Waals surface area contributed by atoms with Gasteiger partial charge < -0.3 is 5.32 Å². The van der Waals surface area contributed by atoms with Crippen molar-refractivity contribution in [1.29, 1.82) is 0 Å². The first-order chi connectivity index (χ1) is 10.7. The Labute approximate surface area is 130 Å². The summed E-state index contributed by atoms with van der Waals surface area (Å²) in [6, 6.07) is 4.17. The summed E-state index contributed by atoms with van der Waals surface area (Å²) in [6.45, 7) is 1.98. The largest absolute Gasteiger partial charge is 0.352 e. The van der Waals surface area contributed by atoms with Gasteiger partial charge in [-0.25, -0.2) is 4.68 Å². The molecule has 1 aliphatic carbocycles. The molecule has 1 fully saturated rings. The average molecular weight is 316 g/mol. The molecule has 1 aliphatic rings. The van der Waals surface area contributed by atoms with Crippen LogP contribution in [0.15, 0.2) is 22.3 Å². The smallest absolute Gasteiger partial charge is 0.291 e. The molecule has 22 heavy (non-hydrogen) atoms. The predicted molar refractivity (Wildman–Crippen MR) is 85.4 cm³/mol. The topological polar surface area (TPSA) is 68.4 Å². The number of fused-ring (bicyclic) bond motifs is 3. The molecule has 3 aromatic rings. The van der Waals surface area contributed by atoms with Gasteiger partial charge in [-0.1, -0.05) is 6.92 Å². The fraction of sp³-hybridized carbons (Fsp3) is 0.400. The molecule has 7 heteroatoms. The quantitative estimate of drug-likeness (QED) is 0.794. The van der Waals surface area contributed by atoms with Gasteiger partial charge in [0.25, 0.3) is 5.56 Å². The highest BCUT2D eigenvalue weighted by molar-refractivity contribution is 7.17. The molecule has 1 saturated carbocycles. The van der Waals surface area contributed by atoms with Crippen molar-refractivity contribution in [2.75, 3.05) is 0 Å². The highest BCUT2D eigenvalue weighted by Crippen LogP contribution is 2.24. The number of nitrogens with one attached hydrogen (secondary N) is 1. The van der Waals surface area contributed by atoms with Crippen LogP contribution in [0.4, 0.5) is 0 Å². The Kier molecular flexibility index (Phi) is 3.04. The summed E-state index contributed by atoms with van der Waals surface area (Å²) in [5, 5.41) is 9.30. The molecule has 6 nitrogen and oxygen atoms in total. The Morgan fingerprint density at radius 1 is 1.45 bits per heavy atom. The fourth-order valence-corrected chi connectivity index (χ4v) is 3.50. The van der Waals surface area contributed by atoms with Gasteiger partial charge in [0.1, 0.15) is 17.9 Å². The lowest BCUT2D eigenvalue weighted by atomic mass is 10.4. The fourth-order valence-electron chi connectivity index (χ4n) is 2.70. The zero-order valence-electron chi connectivity index (χ0n) is 12.2. The minimum Gasteiger partial charge on any atom is -0.352 e. The number of carbonyl (C=O) groups excluding carboxylic acids is 1. The van der Waals surface area contributed by atoms with E-state index >= 15 is 0 Å². The molecule has 1 amide bonds. The molecule has 0 bridgehead atoms. The van der Waals surface area contributed by atoms with E-state index in [2.05, 4.69) is 10.4 Å². The van der Waals surface area contributed by atoms with Gasteiger partial charge in [0.15, 0.2) is 0 Å². The van der Waals surface area contributed by atoms with Crippen molar-refractivity contribution in [1.82, 2.24) is 19.5 Å². The van der Waals surface area contributed by atoms with Gasteiger partial charge in [-0.05, 0) is 30.4 Å². The van der Waals surface area contributed by atoms with Crippen molar-refractivity contribution in [2.24, 2.45) is 0 Å². The van der Waals surface area contributed by atoms with E-state index in [1.807, 2.05) is 28.8 Å². The van der Waals surface area contributed by atoms with Gasteiger partial charge in [0.05, 0.1) is 10.2 Å². The Morgan fingerprint density at radius 3 is 3.00 bits per heavy atom. The van der Waals surface area contributed by atoms with Gasteiger partial charge in [-0.3, -0.25) is 14.0 Å². The van der Waals surface area contributed by atoms with E-state index < -0.39 is 0 Å². The summed E-state index contributed by atoms with van der Waals surface area (Å²) in [4.78, 5) is 24.6. The second kappa shape index (κ2) is 4.95. The molecule has 3 aromatic heterocycles. The summed E-state index contributed by atoms with van der Waals surface area (Å²) in [5.74, 6) is 0.652. The van der Waals surface area contributed by atoms with Crippen molar-refractivity contribution in [2.45, 2.75) is 38.8 Å². The van der Waals surface area contributed by atoms with E-state index in [0.717, 1.165) is 28.9 Å². The minimum atomic E-state index is -0.216. The second-order valence-corrected chi connectivity index (χ2v) is 6.56. The van der Waals surface area contributed by atoms with Crippen LogP contribution in [-0.4, -0.2) is 26.1 Å². The monoisotopic (exact) mass is 316 g/mol. The van der Waals surface area contributed by atoms with E-state index in [0.29, 0.717) is 11.9 Å². The molecule has 0 aromatic carbocycles. The third-order valence-electron chi connectivity index (χ3n) is 3.92. The summed E-state index contributed by atoms with van der Waals surface area (Å²) in [6.07, 6.45) is 2.76. The van der Waals surface area contributed by atoms with Gasteiger partial charge in [0, 0.05) is 12.5 Å². The van der Waals surface area contributed by atoms with Crippen LogP contribution >= 0.6 is 11.3 Å². The summed E-state index contributed by atoms with van der Waals surface area (Å²) in [5.41, 5.74) is 1.38. The molecule has 0 atom stereocenters. The van der Waals surface area contributed by atoms with Crippen LogP contribution < -0.4 is 10.9 Å². The zero-order valence-corrected chi connectivity index (χ0v) is 13.0. The third-order valence-corrected chi connectivity index (χ3v) is 4.78. The number of rotatable bonds is 4. The van der Waals surface area contributed by atoms with Crippen LogP contribution in [0.25, 0.3) is 15.7 Å². The van der Waals surface area contributed by atoms with Crippen LogP contribution in [0.5, 0.6) is 0 Å². The molecule has 3 heterocycles. The van der Waals surface area contributed by atoms with E-state index in [9.17, 15) is 9.59 Å². The van der Waals surface area contributed by atoms with Crippen LogP contribution in [0.1, 0.15) is 25.6 Å². The zero-order chi connectivity index (χ0) is 15.3. The predicted octanol–water partition coefficient (Wildman–Crippen LogP) is 1.55. The minimum absolute atomic E-state index is 0.0162. The maximum atomic E-state index is 12.6. The highest BCUT2D eigenvalue weighted by Gasteiger charge is 2.24. The number of aromatic nitrogens is 3. The number of carbonyl (C=O) groups is 1. The molecular formula is C15H16N4O2S. The van der Waals surface area contributed by atoms with Gasteiger partial charge in [-0.15, -0.1) is 11.3 Å². The third kappa shape index (κ3) is 2.12. The number of aryl methyl sites for hydroxylation is 1. The van der Waals surface area contributed by atoms with Gasteiger partial charge >= 0.3 is 0 Å². The van der Waals surface area contributed by atoms with Crippen molar-refractivity contribution in [3.8, 4) is 0 Å². The molecular weight excluding hydrogens is 300 g/mol. The van der Waals surface area contributed by atoms with Crippen molar-refractivity contribution in [3.05, 3.63) is 33.7 Å². The van der Waals surface area contributed by atoms with E-state index in [-0.39, 0.29) is 24.1 Å². The van der Waals surface area contributed by atoms with Crippen LogP contribution in [0, 0.1) is 0 Å². The average Bonchev–Trinajstić information content (AvgIpc) is 3.05. The number of thiophene rings is 1.